The molecule has 3 aromatic rings. The first-order chi connectivity index (χ1) is 13.8. The van der Waals surface area contributed by atoms with Gasteiger partial charge in [0.25, 0.3) is 0 Å². The highest BCUT2D eigenvalue weighted by atomic mass is 16.6. The molecule has 0 saturated carbocycles. The van der Waals surface area contributed by atoms with E-state index in [1.807, 2.05) is 49.7 Å². The third kappa shape index (κ3) is 4.21. The molecular formula is C23H28N4O2. The van der Waals surface area contributed by atoms with Gasteiger partial charge in [-0.2, -0.15) is 5.10 Å². The summed E-state index contributed by atoms with van der Waals surface area (Å²) in [6, 6.07) is 14.5. The lowest BCUT2D eigenvalue weighted by molar-refractivity contribution is 0.0185. The molecule has 1 aliphatic rings. The number of anilines is 1. The quantitative estimate of drug-likeness (QED) is 0.632. The minimum Gasteiger partial charge on any atom is -0.444 e. The highest BCUT2D eigenvalue weighted by Gasteiger charge is 2.28. The van der Waals surface area contributed by atoms with Crippen LogP contribution in [0.5, 0.6) is 0 Å². The van der Waals surface area contributed by atoms with Crippen molar-refractivity contribution < 1.29 is 9.53 Å². The normalized spacial score (nSPS) is 15.6. The number of carbonyl (C=O) groups excluding carboxylic acids is 1. The Morgan fingerprint density at radius 2 is 1.83 bits per heavy atom. The van der Waals surface area contributed by atoms with Crippen LogP contribution < -0.4 is 5.73 Å². The van der Waals surface area contributed by atoms with Gasteiger partial charge in [0.05, 0.1) is 11.6 Å². The summed E-state index contributed by atoms with van der Waals surface area (Å²) in [5.74, 6) is 0. The van der Waals surface area contributed by atoms with Gasteiger partial charge in [0, 0.05) is 35.9 Å². The second kappa shape index (κ2) is 7.43. The number of carbonyl (C=O) groups is 1. The Bertz CT molecular complexity index is 1010. The van der Waals surface area contributed by atoms with Crippen LogP contribution in [0.25, 0.3) is 22.0 Å². The van der Waals surface area contributed by atoms with E-state index in [1.54, 1.807) is 4.90 Å². The number of rotatable bonds is 2. The molecule has 6 heteroatoms. The first-order valence-electron chi connectivity index (χ1n) is 10.1. The molecule has 1 fully saturated rings. The van der Waals surface area contributed by atoms with Crippen LogP contribution >= 0.6 is 0 Å². The molecule has 1 aliphatic heterocycles. The van der Waals surface area contributed by atoms with Crippen LogP contribution in [0, 0.1) is 0 Å². The van der Waals surface area contributed by atoms with E-state index in [1.165, 1.54) is 0 Å². The van der Waals surface area contributed by atoms with Gasteiger partial charge in [-0.15, -0.1) is 0 Å². The Morgan fingerprint density at radius 1 is 1.14 bits per heavy atom. The summed E-state index contributed by atoms with van der Waals surface area (Å²) >= 11 is 0. The molecule has 1 amide bonds. The highest BCUT2D eigenvalue weighted by Crippen LogP contribution is 2.32. The number of nitrogens with zero attached hydrogens (tertiary/aromatic N) is 3. The van der Waals surface area contributed by atoms with Gasteiger partial charge in [0.15, 0.2) is 0 Å². The maximum atomic E-state index is 12.3. The molecule has 2 N–H and O–H groups in total. The standard InChI is InChI=1S/C23H28N4O2/c1-23(2,3)29-22(28)26-11-9-18(10-12-26)27-15-17-13-20(24)19(14-21(17)25-27)16-7-5-4-6-8-16/h4-8,13-15,18H,9-12,24H2,1-3H3. The van der Waals surface area contributed by atoms with Crippen LogP contribution in [-0.2, 0) is 4.74 Å². The van der Waals surface area contributed by atoms with Crippen molar-refractivity contribution in [2.45, 2.75) is 45.3 Å². The average Bonchev–Trinajstić information content (AvgIpc) is 3.09. The molecule has 2 aromatic carbocycles. The molecule has 0 unspecified atom stereocenters. The molecule has 0 aliphatic carbocycles. The van der Waals surface area contributed by atoms with E-state index in [4.69, 9.17) is 15.6 Å². The molecule has 0 atom stereocenters. The lowest BCUT2D eigenvalue weighted by Crippen LogP contribution is -2.42. The Kier molecular flexibility index (Phi) is 4.94. The predicted molar refractivity (Wildman–Crippen MR) is 116 cm³/mol. The van der Waals surface area contributed by atoms with Crippen molar-refractivity contribution in [1.82, 2.24) is 14.7 Å². The molecule has 6 nitrogen and oxygen atoms in total. The van der Waals surface area contributed by atoms with Crippen molar-refractivity contribution in [1.29, 1.82) is 0 Å². The van der Waals surface area contributed by atoms with Gasteiger partial charge >= 0.3 is 6.09 Å². The number of amides is 1. The van der Waals surface area contributed by atoms with Crippen LogP contribution in [0.3, 0.4) is 0 Å². The zero-order valence-corrected chi connectivity index (χ0v) is 17.3. The summed E-state index contributed by atoms with van der Waals surface area (Å²) in [6.07, 6.45) is 3.54. The Balaban J connectivity index is 1.50. The average molecular weight is 393 g/mol. The summed E-state index contributed by atoms with van der Waals surface area (Å²) in [7, 11) is 0. The number of hydrogen-bond donors (Lipinski definition) is 1. The van der Waals surface area contributed by atoms with Gasteiger partial charge in [0.2, 0.25) is 0 Å². The van der Waals surface area contributed by atoms with Gasteiger partial charge < -0.3 is 15.4 Å². The number of aromatic nitrogens is 2. The number of fused-ring (bicyclic) bond motifs is 1. The van der Waals surface area contributed by atoms with Crippen molar-refractivity contribution in [2.75, 3.05) is 18.8 Å². The number of benzene rings is 2. The second-order valence-corrected chi connectivity index (χ2v) is 8.67. The topological polar surface area (TPSA) is 73.4 Å². The molecular weight excluding hydrogens is 364 g/mol. The molecule has 4 rings (SSSR count). The summed E-state index contributed by atoms with van der Waals surface area (Å²) in [6.45, 7) is 7.02. The zero-order chi connectivity index (χ0) is 20.6. The second-order valence-electron chi connectivity index (χ2n) is 8.67. The van der Waals surface area contributed by atoms with Crippen molar-refractivity contribution in [2.24, 2.45) is 0 Å². The van der Waals surface area contributed by atoms with E-state index in [9.17, 15) is 4.79 Å². The van der Waals surface area contributed by atoms with Gasteiger partial charge in [-0.3, -0.25) is 4.68 Å². The third-order valence-corrected chi connectivity index (χ3v) is 5.27. The largest absolute Gasteiger partial charge is 0.444 e. The molecule has 0 spiro atoms. The lowest BCUT2D eigenvalue weighted by Gasteiger charge is -2.33. The van der Waals surface area contributed by atoms with E-state index >= 15 is 0 Å². The predicted octanol–water partition coefficient (Wildman–Crippen LogP) is 4.86. The first kappa shape index (κ1) is 19.3. The van der Waals surface area contributed by atoms with Crippen LogP contribution in [0.15, 0.2) is 48.7 Å². The molecule has 1 aromatic heterocycles. The molecule has 29 heavy (non-hydrogen) atoms. The zero-order valence-electron chi connectivity index (χ0n) is 17.3. The fraction of sp³-hybridized carbons (Fsp3) is 0.391. The summed E-state index contributed by atoms with van der Waals surface area (Å²) in [5.41, 5.74) is 9.63. The smallest absolute Gasteiger partial charge is 0.410 e. The molecule has 0 bridgehead atoms. The van der Waals surface area contributed by atoms with Crippen molar-refractivity contribution in [3.05, 3.63) is 48.7 Å². The van der Waals surface area contributed by atoms with Crippen molar-refractivity contribution >= 4 is 22.7 Å². The molecule has 152 valence electrons. The monoisotopic (exact) mass is 392 g/mol. The van der Waals surface area contributed by atoms with Gasteiger partial charge in [-0.1, -0.05) is 30.3 Å². The van der Waals surface area contributed by atoms with Gasteiger partial charge in [0.1, 0.15) is 5.60 Å². The third-order valence-electron chi connectivity index (χ3n) is 5.27. The van der Waals surface area contributed by atoms with Crippen molar-refractivity contribution in [3.8, 4) is 11.1 Å². The number of piperidine rings is 1. The summed E-state index contributed by atoms with van der Waals surface area (Å²) in [5, 5.41) is 5.86. The van der Waals surface area contributed by atoms with Gasteiger partial charge in [-0.25, -0.2) is 4.79 Å². The van der Waals surface area contributed by atoms with E-state index in [2.05, 4.69) is 24.4 Å². The van der Waals surface area contributed by atoms with Crippen LogP contribution in [0.2, 0.25) is 0 Å². The van der Waals surface area contributed by atoms with E-state index in [0.29, 0.717) is 13.1 Å². The summed E-state index contributed by atoms with van der Waals surface area (Å²) in [4.78, 5) is 14.1. The van der Waals surface area contributed by atoms with Crippen LogP contribution in [0.4, 0.5) is 10.5 Å². The van der Waals surface area contributed by atoms with Crippen molar-refractivity contribution in [3.63, 3.8) is 0 Å². The van der Waals surface area contributed by atoms with Crippen LogP contribution in [0.1, 0.15) is 39.7 Å². The highest BCUT2D eigenvalue weighted by molar-refractivity contribution is 5.91. The molecule has 1 saturated heterocycles. The number of nitrogen functional groups attached to an aromatic ring is 1. The van der Waals surface area contributed by atoms with E-state index in [0.717, 1.165) is 40.6 Å². The lowest BCUT2D eigenvalue weighted by atomic mass is 10.0. The molecule has 2 heterocycles. The maximum absolute atomic E-state index is 12.3. The number of likely N-dealkylation sites (tertiary alicyclic amines) is 1. The fourth-order valence-corrected chi connectivity index (χ4v) is 3.80. The minimum atomic E-state index is -0.468. The van der Waals surface area contributed by atoms with Crippen LogP contribution in [-0.4, -0.2) is 39.5 Å². The number of ether oxygens (including phenoxy) is 1. The Morgan fingerprint density at radius 3 is 2.48 bits per heavy atom. The molecule has 0 radical (unpaired) electrons. The summed E-state index contributed by atoms with van der Waals surface area (Å²) < 4.78 is 7.52. The number of nitrogens with two attached hydrogens (primary N) is 1. The maximum Gasteiger partial charge on any atom is 0.410 e. The fourth-order valence-electron chi connectivity index (χ4n) is 3.80. The number of hydrogen-bond acceptors (Lipinski definition) is 4. The Labute approximate surface area is 171 Å². The van der Waals surface area contributed by atoms with E-state index < -0.39 is 5.60 Å². The van der Waals surface area contributed by atoms with E-state index in [-0.39, 0.29) is 12.1 Å². The first-order valence-corrected chi connectivity index (χ1v) is 10.1. The minimum absolute atomic E-state index is 0.234. The SMILES string of the molecule is CC(C)(C)OC(=O)N1CCC(n2cc3cc(N)c(-c4ccccc4)cc3n2)CC1. The van der Waals surface area contributed by atoms with Gasteiger partial charge in [-0.05, 0) is 51.3 Å². The Hall–Kier alpha value is -3.02.